The third-order valence-electron chi connectivity index (χ3n) is 2.53. The summed E-state index contributed by atoms with van der Waals surface area (Å²) in [6.45, 7) is 6.65. The maximum atomic E-state index is 11.5. The van der Waals surface area contributed by atoms with Crippen LogP contribution in [0.1, 0.15) is 26.3 Å². The minimum Gasteiger partial charge on any atom is -0.335 e. The molecule has 0 aromatic carbocycles. The first kappa shape index (κ1) is 12.5. The zero-order valence-electron chi connectivity index (χ0n) is 10.0. The van der Waals surface area contributed by atoms with Crippen molar-refractivity contribution in [2.45, 2.75) is 33.4 Å². The summed E-state index contributed by atoms with van der Waals surface area (Å²) < 4.78 is 0. The largest absolute Gasteiger partial charge is 0.335 e. The van der Waals surface area contributed by atoms with Gasteiger partial charge in [-0.15, -0.1) is 0 Å². The van der Waals surface area contributed by atoms with Crippen LogP contribution in [0.15, 0.2) is 24.5 Å². The maximum absolute atomic E-state index is 11.5. The molecular formula is C12H19N3O. The van der Waals surface area contributed by atoms with Crippen LogP contribution in [0, 0.1) is 5.92 Å². The number of urea groups is 1. The van der Waals surface area contributed by atoms with Crippen molar-refractivity contribution >= 4 is 6.03 Å². The molecule has 1 atom stereocenters. The number of carbonyl (C=O) groups is 1. The number of nitrogens with zero attached hydrogens (tertiary/aromatic N) is 1. The minimum absolute atomic E-state index is 0.134. The standard InChI is InChI=1S/C12H19N3O/c1-9(2)10(3)15-12(16)14-8-11-5-4-6-13-7-11/h4-7,9-10H,8H2,1-3H3,(H2,14,15,16)/t10-/m1/s1. The van der Waals surface area contributed by atoms with E-state index in [2.05, 4.69) is 29.5 Å². The van der Waals surface area contributed by atoms with Crippen molar-refractivity contribution in [2.75, 3.05) is 0 Å². The van der Waals surface area contributed by atoms with Crippen molar-refractivity contribution < 1.29 is 4.79 Å². The summed E-state index contributed by atoms with van der Waals surface area (Å²) in [5, 5.41) is 5.67. The number of aromatic nitrogens is 1. The highest BCUT2D eigenvalue weighted by molar-refractivity contribution is 5.74. The van der Waals surface area contributed by atoms with Gasteiger partial charge in [-0.3, -0.25) is 4.98 Å². The van der Waals surface area contributed by atoms with Crippen LogP contribution in [-0.4, -0.2) is 17.1 Å². The first-order valence-electron chi connectivity index (χ1n) is 5.53. The summed E-state index contributed by atoms with van der Waals surface area (Å²) >= 11 is 0. The van der Waals surface area contributed by atoms with Crippen molar-refractivity contribution in [3.8, 4) is 0 Å². The second kappa shape index (κ2) is 6.10. The van der Waals surface area contributed by atoms with E-state index in [0.29, 0.717) is 12.5 Å². The fourth-order valence-electron chi connectivity index (χ4n) is 1.11. The molecule has 2 N–H and O–H groups in total. The monoisotopic (exact) mass is 221 g/mol. The fourth-order valence-corrected chi connectivity index (χ4v) is 1.11. The number of rotatable bonds is 4. The van der Waals surface area contributed by atoms with Gasteiger partial charge in [-0.1, -0.05) is 19.9 Å². The Kier molecular flexibility index (Phi) is 4.76. The third kappa shape index (κ3) is 4.29. The molecule has 0 fully saturated rings. The number of pyridine rings is 1. The summed E-state index contributed by atoms with van der Waals surface area (Å²) in [5.74, 6) is 0.434. The average molecular weight is 221 g/mol. The van der Waals surface area contributed by atoms with Crippen molar-refractivity contribution in [1.82, 2.24) is 15.6 Å². The van der Waals surface area contributed by atoms with E-state index in [-0.39, 0.29) is 12.1 Å². The molecule has 1 heterocycles. The quantitative estimate of drug-likeness (QED) is 0.816. The van der Waals surface area contributed by atoms with Gasteiger partial charge < -0.3 is 10.6 Å². The van der Waals surface area contributed by atoms with Gasteiger partial charge in [0.2, 0.25) is 0 Å². The lowest BCUT2D eigenvalue weighted by Gasteiger charge is -2.17. The highest BCUT2D eigenvalue weighted by Gasteiger charge is 2.09. The summed E-state index contributed by atoms with van der Waals surface area (Å²) in [6, 6.07) is 3.82. The van der Waals surface area contributed by atoms with Crippen LogP contribution >= 0.6 is 0 Å². The van der Waals surface area contributed by atoms with Crippen LogP contribution in [0.4, 0.5) is 4.79 Å². The average Bonchev–Trinajstić information content (AvgIpc) is 2.27. The molecule has 0 unspecified atom stereocenters. The van der Waals surface area contributed by atoms with Crippen LogP contribution in [0.25, 0.3) is 0 Å². The molecule has 0 aliphatic carbocycles. The Hall–Kier alpha value is -1.58. The SMILES string of the molecule is CC(C)[C@@H](C)NC(=O)NCc1cccnc1. The van der Waals surface area contributed by atoms with E-state index in [1.54, 1.807) is 12.4 Å². The van der Waals surface area contributed by atoms with E-state index in [0.717, 1.165) is 5.56 Å². The first-order valence-corrected chi connectivity index (χ1v) is 5.53. The van der Waals surface area contributed by atoms with E-state index in [1.807, 2.05) is 19.1 Å². The summed E-state index contributed by atoms with van der Waals surface area (Å²) in [5.41, 5.74) is 0.995. The Morgan fingerprint density at radius 1 is 1.44 bits per heavy atom. The van der Waals surface area contributed by atoms with Gasteiger partial charge in [0.15, 0.2) is 0 Å². The normalized spacial score (nSPS) is 12.2. The molecule has 88 valence electrons. The number of hydrogen-bond donors (Lipinski definition) is 2. The Balaban J connectivity index is 2.31. The van der Waals surface area contributed by atoms with Crippen LogP contribution < -0.4 is 10.6 Å². The van der Waals surface area contributed by atoms with E-state index in [4.69, 9.17) is 0 Å². The van der Waals surface area contributed by atoms with E-state index in [1.165, 1.54) is 0 Å². The lowest BCUT2D eigenvalue weighted by molar-refractivity contribution is 0.234. The van der Waals surface area contributed by atoms with Crippen molar-refractivity contribution in [1.29, 1.82) is 0 Å². The molecule has 0 saturated heterocycles. The van der Waals surface area contributed by atoms with Crippen molar-refractivity contribution in [3.63, 3.8) is 0 Å². The highest BCUT2D eigenvalue weighted by atomic mass is 16.2. The van der Waals surface area contributed by atoms with Gasteiger partial charge in [0.25, 0.3) is 0 Å². The molecule has 1 aromatic rings. The third-order valence-corrected chi connectivity index (χ3v) is 2.53. The van der Waals surface area contributed by atoms with Crippen LogP contribution in [-0.2, 0) is 6.54 Å². The lowest BCUT2D eigenvalue weighted by atomic mass is 10.1. The number of nitrogens with one attached hydrogen (secondary N) is 2. The molecule has 0 spiro atoms. The van der Waals surface area contributed by atoms with Gasteiger partial charge in [-0.2, -0.15) is 0 Å². The van der Waals surface area contributed by atoms with Crippen molar-refractivity contribution in [3.05, 3.63) is 30.1 Å². The van der Waals surface area contributed by atoms with Crippen LogP contribution in [0.2, 0.25) is 0 Å². The smallest absolute Gasteiger partial charge is 0.315 e. The summed E-state index contributed by atoms with van der Waals surface area (Å²) in [6.07, 6.45) is 3.45. The molecule has 4 nitrogen and oxygen atoms in total. The Labute approximate surface area is 96.5 Å². The molecular weight excluding hydrogens is 202 g/mol. The van der Waals surface area contributed by atoms with E-state index in [9.17, 15) is 4.79 Å². The molecule has 0 aliphatic rings. The zero-order chi connectivity index (χ0) is 12.0. The lowest BCUT2D eigenvalue weighted by Crippen LogP contribution is -2.42. The number of amides is 2. The zero-order valence-corrected chi connectivity index (χ0v) is 10.0. The topological polar surface area (TPSA) is 54.0 Å². The molecule has 2 amide bonds. The predicted molar refractivity (Wildman–Crippen MR) is 63.9 cm³/mol. The Morgan fingerprint density at radius 2 is 2.19 bits per heavy atom. The second-order valence-corrected chi connectivity index (χ2v) is 4.22. The van der Waals surface area contributed by atoms with E-state index >= 15 is 0 Å². The molecule has 4 heteroatoms. The number of carbonyl (C=O) groups excluding carboxylic acids is 1. The first-order chi connectivity index (χ1) is 7.59. The Bertz CT molecular complexity index is 324. The van der Waals surface area contributed by atoms with Crippen molar-refractivity contribution in [2.24, 2.45) is 5.92 Å². The molecule has 1 rings (SSSR count). The van der Waals surface area contributed by atoms with Gasteiger partial charge in [0.05, 0.1) is 0 Å². The van der Waals surface area contributed by atoms with Gasteiger partial charge in [0, 0.05) is 25.0 Å². The molecule has 0 radical (unpaired) electrons. The highest BCUT2D eigenvalue weighted by Crippen LogP contribution is 1.99. The molecule has 1 aromatic heterocycles. The van der Waals surface area contributed by atoms with Gasteiger partial charge in [0.1, 0.15) is 0 Å². The van der Waals surface area contributed by atoms with E-state index < -0.39 is 0 Å². The molecule has 0 aliphatic heterocycles. The van der Waals surface area contributed by atoms with Gasteiger partial charge in [-0.05, 0) is 24.5 Å². The van der Waals surface area contributed by atoms with Gasteiger partial charge >= 0.3 is 6.03 Å². The summed E-state index contributed by atoms with van der Waals surface area (Å²) in [7, 11) is 0. The summed E-state index contributed by atoms with van der Waals surface area (Å²) in [4.78, 5) is 15.5. The van der Waals surface area contributed by atoms with Crippen LogP contribution in [0.5, 0.6) is 0 Å². The molecule has 16 heavy (non-hydrogen) atoms. The van der Waals surface area contributed by atoms with Crippen LogP contribution in [0.3, 0.4) is 0 Å². The number of hydrogen-bond acceptors (Lipinski definition) is 2. The maximum Gasteiger partial charge on any atom is 0.315 e. The fraction of sp³-hybridized carbons (Fsp3) is 0.500. The minimum atomic E-state index is -0.134. The Morgan fingerprint density at radius 3 is 2.75 bits per heavy atom. The molecule has 0 saturated carbocycles. The predicted octanol–water partition coefficient (Wildman–Crippen LogP) is 1.93. The molecule has 0 bridgehead atoms. The van der Waals surface area contributed by atoms with Gasteiger partial charge in [-0.25, -0.2) is 4.79 Å². The second-order valence-electron chi connectivity index (χ2n) is 4.22.